The number of amides is 2. The largest absolute Gasteiger partial charge is 0.431 e. The van der Waals surface area contributed by atoms with Crippen molar-refractivity contribution in [2.45, 2.75) is 81.8 Å². The molecule has 1 aliphatic rings. The lowest BCUT2D eigenvalue weighted by Gasteiger charge is -2.36. The van der Waals surface area contributed by atoms with Gasteiger partial charge in [-0.05, 0) is 52.8 Å². The van der Waals surface area contributed by atoms with E-state index in [4.69, 9.17) is 24.6 Å². The standard InChI is InChI=1S/C54H54N4O6S/c55-46-21-13-14-22-47(46)57-50(61)24-10-2-1-9-23-49(60)56-34-43-19-11-12-20-45(43)38-29-31-42(32-30-38)53-62-44(33-48(63-53)39-27-25-37(35-59)26-28-39)36-65-54-58-51(40-15-5-3-6-16-40)52(64-54)41-17-7-4-8-18-41/h3-8,11-22,25-32,44,48,53,59H,1-2,9-10,23-24,33-36,55H2,(H,56,60)(H,57,61). The van der Waals surface area contributed by atoms with Crippen molar-refractivity contribution in [2.75, 3.05) is 16.8 Å². The number of ether oxygens (including phenoxy) is 2. The van der Waals surface area contributed by atoms with Crippen LogP contribution >= 0.6 is 11.8 Å². The molecule has 0 radical (unpaired) electrons. The van der Waals surface area contributed by atoms with E-state index < -0.39 is 6.29 Å². The molecule has 5 N–H and O–H groups in total. The number of nitrogens with two attached hydrogens (primary N) is 1. The van der Waals surface area contributed by atoms with E-state index in [1.807, 2.05) is 127 Å². The molecule has 332 valence electrons. The molecule has 6 aromatic carbocycles. The van der Waals surface area contributed by atoms with E-state index in [9.17, 15) is 14.7 Å². The van der Waals surface area contributed by atoms with Crippen LogP contribution in [0.25, 0.3) is 33.7 Å². The molecule has 1 fully saturated rings. The van der Waals surface area contributed by atoms with E-state index in [0.717, 1.165) is 81.6 Å². The van der Waals surface area contributed by atoms with Crippen LogP contribution in [0.2, 0.25) is 0 Å². The van der Waals surface area contributed by atoms with Crippen molar-refractivity contribution < 1.29 is 28.6 Å². The number of carbonyl (C=O) groups is 2. The molecule has 3 atom stereocenters. The highest BCUT2D eigenvalue weighted by Gasteiger charge is 2.33. The number of anilines is 2. The molecule has 8 rings (SSSR count). The highest BCUT2D eigenvalue weighted by atomic mass is 32.2. The lowest BCUT2D eigenvalue weighted by Crippen LogP contribution is -2.31. The molecule has 0 bridgehead atoms. The minimum absolute atomic E-state index is 0.00316. The van der Waals surface area contributed by atoms with Gasteiger partial charge in [-0.15, -0.1) is 0 Å². The number of aromatic nitrogens is 1. The van der Waals surface area contributed by atoms with Gasteiger partial charge in [0.05, 0.1) is 30.2 Å². The number of carbonyl (C=O) groups excluding carboxylic acids is 2. The summed E-state index contributed by atoms with van der Waals surface area (Å²) in [6.07, 6.45) is 3.65. The zero-order valence-corrected chi connectivity index (χ0v) is 37.1. The van der Waals surface area contributed by atoms with Gasteiger partial charge in [-0.1, -0.05) is 170 Å². The molecule has 2 heterocycles. The molecular weight excluding hydrogens is 833 g/mol. The van der Waals surface area contributed by atoms with E-state index in [-0.39, 0.29) is 30.6 Å². The molecule has 0 spiro atoms. The van der Waals surface area contributed by atoms with Gasteiger partial charge in [0.25, 0.3) is 5.22 Å². The van der Waals surface area contributed by atoms with E-state index >= 15 is 0 Å². The third-order valence-electron chi connectivity index (χ3n) is 11.5. The summed E-state index contributed by atoms with van der Waals surface area (Å²) < 4.78 is 19.8. The summed E-state index contributed by atoms with van der Waals surface area (Å²) in [6.45, 7) is 0.385. The summed E-state index contributed by atoms with van der Waals surface area (Å²) in [5.41, 5.74) is 15.7. The predicted octanol–water partition coefficient (Wildman–Crippen LogP) is 11.7. The van der Waals surface area contributed by atoms with Crippen LogP contribution in [0.4, 0.5) is 11.4 Å². The maximum absolute atomic E-state index is 12.9. The lowest BCUT2D eigenvalue weighted by molar-refractivity contribution is -0.245. The molecule has 1 saturated heterocycles. The third-order valence-corrected chi connectivity index (χ3v) is 12.4. The molecule has 1 aliphatic heterocycles. The normalized spacial score (nSPS) is 15.9. The molecule has 2 amide bonds. The molecule has 10 nitrogen and oxygen atoms in total. The number of nitrogen functional groups attached to an aromatic ring is 1. The maximum atomic E-state index is 12.9. The summed E-state index contributed by atoms with van der Waals surface area (Å²) >= 11 is 1.53. The first-order chi connectivity index (χ1) is 31.9. The number of aliphatic hydroxyl groups excluding tert-OH is 1. The number of aliphatic hydroxyl groups is 1. The van der Waals surface area contributed by atoms with Crippen molar-refractivity contribution in [3.8, 4) is 33.7 Å². The SMILES string of the molecule is Nc1ccccc1NC(=O)CCCCCCC(=O)NCc1ccccc1-c1ccc(C2OC(CSc3nc(-c4ccccc4)c(-c4ccccc4)o3)CC(c3ccc(CO)cc3)O2)cc1. The number of para-hydroxylation sites is 2. The minimum atomic E-state index is -0.629. The fourth-order valence-electron chi connectivity index (χ4n) is 7.93. The van der Waals surface area contributed by atoms with Crippen molar-refractivity contribution in [3.63, 3.8) is 0 Å². The highest BCUT2D eigenvalue weighted by molar-refractivity contribution is 7.99. The third kappa shape index (κ3) is 12.2. The summed E-state index contributed by atoms with van der Waals surface area (Å²) in [4.78, 5) is 30.2. The Morgan fingerprint density at radius 3 is 2.05 bits per heavy atom. The molecule has 0 saturated carbocycles. The van der Waals surface area contributed by atoms with Crippen molar-refractivity contribution >= 4 is 35.0 Å². The predicted molar refractivity (Wildman–Crippen MR) is 257 cm³/mol. The van der Waals surface area contributed by atoms with Crippen LogP contribution < -0.4 is 16.4 Å². The van der Waals surface area contributed by atoms with Gasteiger partial charge < -0.3 is 35.4 Å². The number of nitrogens with zero attached hydrogens (tertiary/aromatic N) is 1. The van der Waals surface area contributed by atoms with Crippen LogP contribution in [-0.4, -0.2) is 33.8 Å². The molecule has 1 aromatic heterocycles. The van der Waals surface area contributed by atoms with E-state index in [2.05, 4.69) is 28.8 Å². The van der Waals surface area contributed by atoms with E-state index in [0.29, 0.717) is 48.2 Å². The summed E-state index contributed by atoms with van der Waals surface area (Å²) in [5.74, 6) is 1.27. The molecule has 7 aromatic rings. The quantitative estimate of drug-likeness (QED) is 0.0354. The second-order valence-electron chi connectivity index (χ2n) is 16.2. The van der Waals surface area contributed by atoms with Gasteiger partial charge >= 0.3 is 0 Å². The Hall–Kier alpha value is -6.50. The molecular formula is C54H54N4O6S. The first-order valence-corrected chi connectivity index (χ1v) is 23.2. The average molecular weight is 887 g/mol. The van der Waals surface area contributed by atoms with Gasteiger partial charge in [-0.3, -0.25) is 9.59 Å². The lowest BCUT2D eigenvalue weighted by atomic mass is 9.97. The first kappa shape index (κ1) is 45.1. The van der Waals surface area contributed by atoms with Gasteiger partial charge in [-0.2, -0.15) is 0 Å². The van der Waals surface area contributed by atoms with Gasteiger partial charge in [0.2, 0.25) is 11.8 Å². The number of thioether (sulfide) groups is 1. The highest BCUT2D eigenvalue weighted by Crippen LogP contribution is 2.41. The van der Waals surface area contributed by atoms with Crippen LogP contribution in [0.15, 0.2) is 167 Å². The van der Waals surface area contributed by atoms with E-state index in [1.165, 1.54) is 11.8 Å². The number of hydrogen-bond donors (Lipinski definition) is 4. The summed E-state index contributed by atoms with van der Waals surface area (Å²) in [7, 11) is 0. The number of benzene rings is 6. The molecule has 0 aliphatic carbocycles. The number of hydrogen-bond acceptors (Lipinski definition) is 9. The Bertz CT molecular complexity index is 2560. The van der Waals surface area contributed by atoms with Crippen LogP contribution in [0.1, 0.15) is 79.6 Å². The Balaban J connectivity index is 0.883. The van der Waals surface area contributed by atoms with Gasteiger partial charge in [0.15, 0.2) is 12.1 Å². The number of rotatable bonds is 19. The van der Waals surface area contributed by atoms with Crippen LogP contribution in [0.5, 0.6) is 0 Å². The fraction of sp³-hybridized carbons (Fsp3) is 0.241. The van der Waals surface area contributed by atoms with Crippen molar-refractivity contribution in [1.29, 1.82) is 0 Å². The molecule has 11 heteroatoms. The number of nitrogens with one attached hydrogen (secondary N) is 2. The molecule has 3 unspecified atom stereocenters. The Morgan fingerprint density at radius 2 is 1.32 bits per heavy atom. The Kier molecular flexibility index (Phi) is 15.5. The van der Waals surface area contributed by atoms with Gasteiger partial charge in [-0.25, -0.2) is 4.98 Å². The second kappa shape index (κ2) is 22.4. The van der Waals surface area contributed by atoms with Crippen LogP contribution in [-0.2, 0) is 32.2 Å². The van der Waals surface area contributed by atoms with Gasteiger partial charge in [0, 0.05) is 48.3 Å². The molecule has 65 heavy (non-hydrogen) atoms. The number of unbranched alkanes of at least 4 members (excludes halogenated alkanes) is 3. The number of oxazole rings is 1. The Labute approximate surface area is 384 Å². The first-order valence-electron chi connectivity index (χ1n) is 22.2. The van der Waals surface area contributed by atoms with Crippen LogP contribution in [0, 0.1) is 0 Å². The van der Waals surface area contributed by atoms with Crippen molar-refractivity contribution in [2.24, 2.45) is 0 Å². The maximum Gasteiger partial charge on any atom is 0.256 e. The topological polar surface area (TPSA) is 149 Å². The zero-order valence-electron chi connectivity index (χ0n) is 36.2. The smallest absolute Gasteiger partial charge is 0.256 e. The van der Waals surface area contributed by atoms with Crippen molar-refractivity contribution in [1.82, 2.24) is 10.3 Å². The van der Waals surface area contributed by atoms with Crippen LogP contribution in [0.3, 0.4) is 0 Å². The fourth-order valence-corrected chi connectivity index (χ4v) is 8.77. The monoisotopic (exact) mass is 886 g/mol. The van der Waals surface area contributed by atoms with E-state index in [1.54, 1.807) is 12.1 Å². The summed E-state index contributed by atoms with van der Waals surface area (Å²) in [6, 6.07) is 51.6. The van der Waals surface area contributed by atoms with Crippen molar-refractivity contribution in [3.05, 3.63) is 180 Å². The summed E-state index contributed by atoms with van der Waals surface area (Å²) in [5, 5.41) is 16.2. The minimum Gasteiger partial charge on any atom is -0.431 e. The second-order valence-corrected chi connectivity index (χ2v) is 17.1. The van der Waals surface area contributed by atoms with Gasteiger partial charge in [0.1, 0.15) is 5.69 Å². The zero-order chi connectivity index (χ0) is 44.8. The Morgan fingerprint density at radius 1 is 0.677 bits per heavy atom. The average Bonchev–Trinajstić information content (AvgIpc) is 3.79.